The molecular formula is C20H21FN4O3S. The molecular weight excluding hydrogens is 395 g/mol. The number of H-pyrrole nitrogens is 1. The fourth-order valence-electron chi connectivity index (χ4n) is 3.60. The molecule has 0 spiro atoms. The van der Waals surface area contributed by atoms with Crippen molar-refractivity contribution in [2.24, 2.45) is 0 Å². The summed E-state index contributed by atoms with van der Waals surface area (Å²) >= 11 is 0. The monoisotopic (exact) mass is 416 g/mol. The van der Waals surface area contributed by atoms with E-state index in [4.69, 9.17) is 0 Å². The molecule has 1 N–H and O–H groups in total. The van der Waals surface area contributed by atoms with Crippen LogP contribution in [0.5, 0.6) is 0 Å². The Morgan fingerprint density at radius 1 is 1.03 bits per heavy atom. The average molecular weight is 416 g/mol. The van der Waals surface area contributed by atoms with E-state index in [9.17, 15) is 17.6 Å². The summed E-state index contributed by atoms with van der Waals surface area (Å²) in [5.74, 6) is -0.208. The lowest BCUT2D eigenvalue weighted by Gasteiger charge is -2.37. The van der Waals surface area contributed by atoms with Gasteiger partial charge in [-0.15, -0.1) is 0 Å². The lowest BCUT2D eigenvalue weighted by molar-refractivity contribution is 0.141. The smallest absolute Gasteiger partial charge is 0.258 e. The summed E-state index contributed by atoms with van der Waals surface area (Å²) < 4.78 is 40.8. The summed E-state index contributed by atoms with van der Waals surface area (Å²) in [7, 11) is -3.88. The van der Waals surface area contributed by atoms with Crippen LogP contribution in [0.25, 0.3) is 10.9 Å². The van der Waals surface area contributed by atoms with Gasteiger partial charge in [0.1, 0.15) is 16.5 Å². The highest BCUT2D eigenvalue weighted by Crippen LogP contribution is 2.24. The van der Waals surface area contributed by atoms with E-state index in [2.05, 4.69) is 14.9 Å². The van der Waals surface area contributed by atoms with Crippen molar-refractivity contribution in [3.8, 4) is 0 Å². The van der Waals surface area contributed by atoms with Crippen LogP contribution in [0.3, 0.4) is 0 Å². The van der Waals surface area contributed by atoms with E-state index in [1.54, 1.807) is 18.2 Å². The van der Waals surface area contributed by atoms with Crippen molar-refractivity contribution in [3.05, 3.63) is 70.5 Å². The zero-order valence-electron chi connectivity index (χ0n) is 15.9. The Balaban J connectivity index is 1.51. The maximum Gasteiger partial charge on any atom is 0.258 e. The van der Waals surface area contributed by atoms with Crippen LogP contribution < -0.4 is 5.56 Å². The van der Waals surface area contributed by atoms with Crippen molar-refractivity contribution in [3.63, 3.8) is 0 Å². The van der Waals surface area contributed by atoms with Crippen LogP contribution in [0.15, 0.2) is 58.2 Å². The molecule has 1 aliphatic rings. The average Bonchev–Trinajstić information content (AvgIpc) is 2.73. The lowest BCUT2D eigenvalue weighted by Crippen LogP contribution is -2.49. The second-order valence-corrected chi connectivity index (χ2v) is 8.92. The Morgan fingerprint density at radius 3 is 2.41 bits per heavy atom. The highest BCUT2D eigenvalue weighted by atomic mass is 32.2. The van der Waals surface area contributed by atoms with Gasteiger partial charge in [-0.1, -0.05) is 24.3 Å². The third-order valence-corrected chi connectivity index (χ3v) is 7.23. The first-order valence-electron chi connectivity index (χ1n) is 9.35. The summed E-state index contributed by atoms with van der Waals surface area (Å²) in [6, 6.07) is 12.3. The van der Waals surface area contributed by atoms with Crippen molar-refractivity contribution in [2.75, 3.05) is 26.2 Å². The molecule has 1 aliphatic heterocycles. The first kappa shape index (κ1) is 19.7. The first-order chi connectivity index (χ1) is 13.9. The molecule has 0 radical (unpaired) electrons. The molecule has 3 aromatic rings. The van der Waals surface area contributed by atoms with Crippen LogP contribution in [0, 0.1) is 5.82 Å². The first-order valence-corrected chi connectivity index (χ1v) is 10.8. The third kappa shape index (κ3) is 3.68. The molecule has 4 rings (SSSR count). The maximum absolute atomic E-state index is 14.0. The van der Waals surface area contributed by atoms with Crippen LogP contribution in [-0.2, 0) is 10.0 Å². The largest absolute Gasteiger partial charge is 0.309 e. The van der Waals surface area contributed by atoms with Gasteiger partial charge in [-0.2, -0.15) is 4.31 Å². The highest BCUT2D eigenvalue weighted by Gasteiger charge is 2.32. The summed E-state index contributed by atoms with van der Waals surface area (Å²) in [6.07, 6.45) is 0. The Kier molecular flexibility index (Phi) is 5.20. The molecule has 0 bridgehead atoms. The van der Waals surface area contributed by atoms with E-state index in [0.29, 0.717) is 29.8 Å². The van der Waals surface area contributed by atoms with Gasteiger partial charge in [0.05, 0.1) is 16.9 Å². The minimum Gasteiger partial charge on any atom is -0.309 e. The number of halogens is 1. The third-order valence-electron chi connectivity index (χ3n) is 5.30. The van der Waals surface area contributed by atoms with Crippen LogP contribution in [0.4, 0.5) is 4.39 Å². The summed E-state index contributed by atoms with van der Waals surface area (Å²) in [4.78, 5) is 21.5. The van der Waals surface area contributed by atoms with E-state index < -0.39 is 15.8 Å². The number of hydrogen-bond acceptors (Lipinski definition) is 5. The molecule has 7 nitrogen and oxygen atoms in total. The van der Waals surface area contributed by atoms with Crippen molar-refractivity contribution in [1.29, 1.82) is 0 Å². The molecule has 1 atom stereocenters. The predicted molar refractivity (Wildman–Crippen MR) is 108 cm³/mol. The number of hydrogen-bond donors (Lipinski definition) is 1. The van der Waals surface area contributed by atoms with E-state index in [-0.39, 0.29) is 29.6 Å². The quantitative estimate of drug-likeness (QED) is 0.704. The Hall–Kier alpha value is -2.62. The van der Waals surface area contributed by atoms with Crippen molar-refractivity contribution in [1.82, 2.24) is 19.2 Å². The summed E-state index contributed by atoms with van der Waals surface area (Å²) in [6.45, 7) is 3.29. The summed E-state index contributed by atoms with van der Waals surface area (Å²) in [5.41, 5.74) is 0.428. The van der Waals surface area contributed by atoms with Crippen LogP contribution in [0.2, 0.25) is 0 Å². The lowest BCUT2D eigenvalue weighted by atomic mass is 10.2. The van der Waals surface area contributed by atoms with Gasteiger partial charge in [0, 0.05) is 26.2 Å². The Morgan fingerprint density at radius 2 is 1.69 bits per heavy atom. The number of benzene rings is 2. The molecule has 1 aromatic heterocycles. The molecule has 1 saturated heterocycles. The van der Waals surface area contributed by atoms with Gasteiger partial charge < -0.3 is 4.98 Å². The highest BCUT2D eigenvalue weighted by molar-refractivity contribution is 7.89. The Labute approximate surface area is 167 Å². The number of aromatic nitrogens is 2. The molecule has 152 valence electrons. The maximum atomic E-state index is 14.0. The van der Waals surface area contributed by atoms with E-state index >= 15 is 0 Å². The Bertz CT molecular complexity index is 1200. The SMILES string of the molecule is C[C@H](c1nc2ccccc2c(=O)[nH]1)N1CCN(S(=O)(=O)c2ccccc2F)CC1. The van der Waals surface area contributed by atoms with Crippen molar-refractivity contribution >= 4 is 20.9 Å². The second-order valence-electron chi connectivity index (χ2n) is 7.01. The fourth-order valence-corrected chi connectivity index (χ4v) is 5.09. The predicted octanol–water partition coefficient (Wildman–Crippen LogP) is 2.13. The number of rotatable bonds is 4. The standard InChI is InChI=1S/C20H21FN4O3S/c1-14(19-22-17-8-4-2-6-15(17)20(26)23-19)24-10-12-25(13-11-24)29(27,28)18-9-5-3-7-16(18)21/h2-9,14H,10-13H2,1H3,(H,22,23,26)/t14-/m1/s1. The number of piperazine rings is 1. The summed E-state index contributed by atoms with van der Waals surface area (Å²) in [5, 5.41) is 0.532. The molecule has 0 amide bonds. The molecule has 2 aromatic carbocycles. The van der Waals surface area contributed by atoms with E-state index in [1.807, 2.05) is 13.0 Å². The number of nitrogens with zero attached hydrogens (tertiary/aromatic N) is 3. The van der Waals surface area contributed by atoms with Crippen LogP contribution in [0.1, 0.15) is 18.8 Å². The number of nitrogens with one attached hydrogen (secondary N) is 1. The van der Waals surface area contributed by atoms with Crippen molar-refractivity contribution in [2.45, 2.75) is 17.9 Å². The van der Waals surface area contributed by atoms with Gasteiger partial charge in [0.2, 0.25) is 10.0 Å². The van der Waals surface area contributed by atoms with Gasteiger partial charge in [0.15, 0.2) is 0 Å². The molecule has 29 heavy (non-hydrogen) atoms. The van der Waals surface area contributed by atoms with Gasteiger partial charge >= 0.3 is 0 Å². The van der Waals surface area contributed by atoms with Gasteiger partial charge in [0.25, 0.3) is 5.56 Å². The normalized spacial score (nSPS) is 17.4. The van der Waals surface area contributed by atoms with E-state index in [1.165, 1.54) is 22.5 Å². The minimum atomic E-state index is -3.88. The number of para-hydroxylation sites is 1. The molecule has 0 unspecified atom stereocenters. The minimum absolute atomic E-state index is 0.189. The van der Waals surface area contributed by atoms with Gasteiger partial charge in [-0.25, -0.2) is 17.8 Å². The van der Waals surface area contributed by atoms with E-state index in [0.717, 1.165) is 6.07 Å². The molecule has 2 heterocycles. The molecule has 0 aliphatic carbocycles. The fraction of sp³-hybridized carbons (Fsp3) is 0.300. The molecule has 1 fully saturated rings. The zero-order chi connectivity index (χ0) is 20.6. The number of sulfonamides is 1. The van der Waals surface area contributed by atoms with Crippen molar-refractivity contribution < 1.29 is 12.8 Å². The molecule has 0 saturated carbocycles. The second kappa shape index (κ2) is 7.66. The van der Waals surface area contributed by atoms with Gasteiger partial charge in [-0.3, -0.25) is 9.69 Å². The number of fused-ring (bicyclic) bond motifs is 1. The molecule has 9 heteroatoms. The zero-order valence-corrected chi connectivity index (χ0v) is 16.7. The topological polar surface area (TPSA) is 86.4 Å². The van der Waals surface area contributed by atoms with Crippen LogP contribution >= 0.6 is 0 Å². The van der Waals surface area contributed by atoms with Crippen LogP contribution in [-0.4, -0.2) is 53.8 Å². The number of aromatic amines is 1. The van der Waals surface area contributed by atoms with Gasteiger partial charge in [-0.05, 0) is 31.2 Å².